The van der Waals surface area contributed by atoms with E-state index in [9.17, 15) is 18.0 Å². The topological polar surface area (TPSA) is 87.8 Å². The lowest BCUT2D eigenvalue weighted by atomic mass is 10.0. The van der Waals surface area contributed by atoms with Crippen molar-refractivity contribution >= 4 is 11.7 Å². The van der Waals surface area contributed by atoms with Crippen molar-refractivity contribution in [1.29, 1.82) is 0 Å². The fourth-order valence-electron chi connectivity index (χ4n) is 5.39. The van der Waals surface area contributed by atoms with Crippen molar-refractivity contribution in [1.82, 2.24) is 29.8 Å². The molecule has 3 aliphatic rings. The molecule has 2 bridgehead atoms. The van der Waals surface area contributed by atoms with Crippen LogP contribution in [0.5, 0.6) is 0 Å². The lowest BCUT2D eigenvalue weighted by molar-refractivity contribution is -0.141. The SMILES string of the molecule is Cc1ccnc(C(=O)N2C3CCC2C2C3N2c2cnc(C(F)(F)F)cn2)c1-c1ncccn1. The molecule has 0 saturated carbocycles. The Bertz CT molecular complexity index is 1220. The standard InChI is InChI=1S/C22H18F3N7O/c1-11-5-8-26-17(16(11)20-27-6-2-7-28-20)21(33)31-12-3-4-13(31)19-18(12)32(19)15-10-29-14(9-30-15)22(23,24)25/h2,5-10,12-13,18-19H,3-4H2,1H3. The Balaban J connectivity index is 1.28. The minimum atomic E-state index is -4.52. The summed E-state index contributed by atoms with van der Waals surface area (Å²) < 4.78 is 38.4. The molecule has 6 heterocycles. The molecular weight excluding hydrogens is 435 g/mol. The van der Waals surface area contributed by atoms with Crippen molar-refractivity contribution in [3.63, 3.8) is 0 Å². The first-order valence-corrected chi connectivity index (χ1v) is 10.6. The third-order valence-electron chi connectivity index (χ3n) is 6.74. The number of carbonyl (C=O) groups excluding carboxylic acids is 1. The van der Waals surface area contributed by atoms with Gasteiger partial charge in [0.2, 0.25) is 0 Å². The maximum atomic E-state index is 13.7. The molecule has 3 aromatic rings. The van der Waals surface area contributed by atoms with E-state index in [0.29, 0.717) is 22.9 Å². The molecule has 0 spiro atoms. The number of nitrogens with zero attached hydrogens (tertiary/aromatic N) is 7. The van der Waals surface area contributed by atoms with Gasteiger partial charge in [-0.1, -0.05) is 0 Å². The van der Waals surface area contributed by atoms with Crippen LogP contribution < -0.4 is 4.90 Å². The molecule has 11 heteroatoms. The van der Waals surface area contributed by atoms with Crippen LogP contribution in [-0.4, -0.2) is 59.9 Å². The highest BCUT2D eigenvalue weighted by atomic mass is 19.4. The van der Waals surface area contributed by atoms with Crippen LogP contribution in [0.25, 0.3) is 11.4 Å². The third kappa shape index (κ3) is 2.98. The highest BCUT2D eigenvalue weighted by Crippen LogP contribution is 2.54. The largest absolute Gasteiger partial charge is 0.434 e. The van der Waals surface area contributed by atoms with Crippen LogP contribution in [-0.2, 0) is 6.18 Å². The van der Waals surface area contributed by atoms with Gasteiger partial charge in [-0.05, 0) is 37.5 Å². The summed E-state index contributed by atoms with van der Waals surface area (Å²) in [6.45, 7) is 1.89. The predicted molar refractivity (Wildman–Crippen MR) is 110 cm³/mol. The zero-order valence-electron chi connectivity index (χ0n) is 17.4. The number of carbonyl (C=O) groups is 1. The highest BCUT2D eigenvalue weighted by Gasteiger charge is 2.69. The van der Waals surface area contributed by atoms with Crippen LogP contribution in [0.2, 0.25) is 0 Å². The molecule has 3 fully saturated rings. The Morgan fingerprint density at radius 1 is 0.970 bits per heavy atom. The highest BCUT2D eigenvalue weighted by molar-refractivity contribution is 6.00. The lowest BCUT2D eigenvalue weighted by Gasteiger charge is -2.28. The molecule has 3 saturated heterocycles. The van der Waals surface area contributed by atoms with Gasteiger partial charge in [0.25, 0.3) is 5.91 Å². The van der Waals surface area contributed by atoms with E-state index in [1.807, 2.05) is 22.8 Å². The summed E-state index contributed by atoms with van der Waals surface area (Å²) in [5.74, 6) is 0.693. The molecule has 8 nitrogen and oxygen atoms in total. The fourth-order valence-corrected chi connectivity index (χ4v) is 5.39. The van der Waals surface area contributed by atoms with E-state index < -0.39 is 11.9 Å². The molecule has 0 radical (unpaired) electrons. The summed E-state index contributed by atoms with van der Waals surface area (Å²) in [7, 11) is 0. The summed E-state index contributed by atoms with van der Waals surface area (Å²) in [5, 5.41) is 0. The number of rotatable bonds is 3. The number of amides is 1. The van der Waals surface area contributed by atoms with E-state index in [1.54, 1.807) is 24.7 Å². The third-order valence-corrected chi connectivity index (χ3v) is 6.74. The van der Waals surface area contributed by atoms with Crippen molar-refractivity contribution in [3.8, 4) is 11.4 Å². The Morgan fingerprint density at radius 2 is 1.67 bits per heavy atom. The van der Waals surface area contributed by atoms with Gasteiger partial charge in [0.15, 0.2) is 11.5 Å². The number of halogens is 3. The van der Waals surface area contributed by atoms with Crippen molar-refractivity contribution in [2.24, 2.45) is 0 Å². The number of aryl methyl sites for hydroxylation is 1. The van der Waals surface area contributed by atoms with E-state index in [0.717, 1.165) is 24.6 Å². The predicted octanol–water partition coefficient (Wildman–Crippen LogP) is 2.90. The van der Waals surface area contributed by atoms with E-state index in [4.69, 9.17) is 0 Å². The number of fused-ring (bicyclic) bond motifs is 5. The summed E-state index contributed by atoms with van der Waals surface area (Å²) >= 11 is 0. The first kappa shape index (κ1) is 20.0. The van der Waals surface area contributed by atoms with E-state index >= 15 is 0 Å². The molecule has 4 unspecified atom stereocenters. The minimum Gasteiger partial charge on any atom is -0.341 e. The number of alkyl halides is 3. The van der Waals surface area contributed by atoms with Gasteiger partial charge in [0, 0.05) is 18.6 Å². The second-order valence-corrected chi connectivity index (χ2v) is 8.49. The molecule has 33 heavy (non-hydrogen) atoms. The van der Waals surface area contributed by atoms with Crippen LogP contribution in [0.4, 0.5) is 19.0 Å². The Hall–Kier alpha value is -3.63. The number of aromatic nitrogens is 5. The molecule has 4 atom stereocenters. The number of hydrogen-bond donors (Lipinski definition) is 0. The second kappa shape index (κ2) is 6.93. The summed E-state index contributed by atoms with van der Waals surface area (Å²) in [5.41, 5.74) is 0.783. The molecule has 1 amide bonds. The molecule has 0 aromatic carbocycles. The number of pyridine rings is 1. The van der Waals surface area contributed by atoms with Crippen LogP contribution in [0, 0.1) is 6.92 Å². The quantitative estimate of drug-likeness (QED) is 0.564. The average Bonchev–Trinajstić information content (AvgIpc) is 3.32. The maximum Gasteiger partial charge on any atom is 0.434 e. The molecule has 3 aliphatic heterocycles. The van der Waals surface area contributed by atoms with Gasteiger partial charge in [0.1, 0.15) is 11.5 Å². The Kier molecular flexibility index (Phi) is 4.20. The first-order chi connectivity index (χ1) is 15.9. The van der Waals surface area contributed by atoms with Crippen LogP contribution in [0.1, 0.15) is 34.6 Å². The Labute approximate surface area is 186 Å². The van der Waals surface area contributed by atoms with Crippen molar-refractivity contribution < 1.29 is 18.0 Å². The van der Waals surface area contributed by atoms with Crippen LogP contribution >= 0.6 is 0 Å². The number of piperazine rings is 1. The minimum absolute atomic E-state index is 0.0278. The van der Waals surface area contributed by atoms with Crippen molar-refractivity contribution in [2.45, 2.75) is 50.1 Å². The molecular formula is C22H18F3N7O. The zero-order valence-corrected chi connectivity index (χ0v) is 17.4. The molecule has 0 N–H and O–H groups in total. The molecule has 0 aliphatic carbocycles. The molecule has 3 aromatic heterocycles. The Morgan fingerprint density at radius 3 is 2.27 bits per heavy atom. The van der Waals surface area contributed by atoms with Gasteiger partial charge >= 0.3 is 6.18 Å². The normalized spacial score (nSPS) is 25.3. The molecule has 6 rings (SSSR count). The summed E-state index contributed by atoms with van der Waals surface area (Å²) in [4.78, 5) is 38.0. The van der Waals surface area contributed by atoms with E-state index in [2.05, 4.69) is 24.9 Å². The monoisotopic (exact) mass is 453 g/mol. The smallest absolute Gasteiger partial charge is 0.341 e. The van der Waals surface area contributed by atoms with Crippen molar-refractivity contribution in [3.05, 3.63) is 60.1 Å². The fraction of sp³-hybridized carbons (Fsp3) is 0.364. The number of hydrogen-bond acceptors (Lipinski definition) is 7. The number of anilines is 1. The van der Waals surface area contributed by atoms with Gasteiger partial charge < -0.3 is 9.80 Å². The van der Waals surface area contributed by atoms with Crippen LogP contribution in [0.3, 0.4) is 0 Å². The van der Waals surface area contributed by atoms with Crippen molar-refractivity contribution in [2.75, 3.05) is 4.90 Å². The van der Waals surface area contributed by atoms with Gasteiger partial charge in [-0.25, -0.2) is 19.9 Å². The van der Waals surface area contributed by atoms with Gasteiger partial charge in [-0.2, -0.15) is 13.2 Å². The summed E-state index contributed by atoms with van der Waals surface area (Å²) in [6, 6.07) is 3.49. The molecule has 168 valence electrons. The zero-order chi connectivity index (χ0) is 22.9. The van der Waals surface area contributed by atoms with E-state index in [1.165, 1.54) is 6.20 Å². The average molecular weight is 453 g/mol. The first-order valence-electron chi connectivity index (χ1n) is 10.6. The second-order valence-electron chi connectivity index (χ2n) is 8.49. The lowest BCUT2D eigenvalue weighted by Crippen LogP contribution is -2.43. The van der Waals surface area contributed by atoms with Crippen LogP contribution in [0.15, 0.2) is 43.1 Å². The summed E-state index contributed by atoms with van der Waals surface area (Å²) in [6.07, 6.45) is 3.91. The van der Waals surface area contributed by atoms with Gasteiger partial charge in [-0.15, -0.1) is 0 Å². The van der Waals surface area contributed by atoms with E-state index in [-0.39, 0.29) is 30.1 Å². The maximum absolute atomic E-state index is 13.7. The van der Waals surface area contributed by atoms with Gasteiger partial charge in [-0.3, -0.25) is 9.78 Å². The van der Waals surface area contributed by atoms with Gasteiger partial charge in [0.05, 0.1) is 42.1 Å².